The molecule has 1 rings (SSSR count). The molecule has 1 radical (unpaired) electrons. The molecule has 0 unspecified atom stereocenters. The third kappa shape index (κ3) is 0.469. The maximum absolute atomic E-state index is 2.97. The zero-order valence-corrected chi connectivity index (χ0v) is 3.07. The lowest BCUT2D eigenvalue weighted by Crippen LogP contribution is -2.61. The minimum absolute atomic E-state index is 1.21. The number of hydrogen-bond donors (Lipinski definition) is 1. The Labute approximate surface area is 31.7 Å². The molecular formula is C4H7N+. The van der Waals surface area contributed by atoms with Crippen molar-refractivity contribution < 1.29 is 4.99 Å². The van der Waals surface area contributed by atoms with Crippen LogP contribution in [0.2, 0.25) is 0 Å². The number of nitrogens with one attached hydrogen (secondary N) is 1. The highest BCUT2D eigenvalue weighted by molar-refractivity contribution is 5.51. The van der Waals surface area contributed by atoms with Gasteiger partial charge in [-0.05, 0) is 0 Å². The lowest BCUT2D eigenvalue weighted by Gasteiger charge is -1.58. The molecule has 1 nitrogen and oxygen atoms in total. The fourth-order valence-corrected chi connectivity index (χ4v) is 0.417. The molecule has 0 fully saturated rings. The molecule has 0 saturated carbocycles. The monoisotopic (exact) mass is 69.1 g/mol. The molecule has 1 heteroatoms. The van der Waals surface area contributed by atoms with E-state index in [0.29, 0.717) is 0 Å². The summed E-state index contributed by atoms with van der Waals surface area (Å²) in [4.78, 5) is 2.97. The fraction of sp³-hybridized carbons (Fsp3) is 0.500. The second-order valence-electron chi connectivity index (χ2n) is 1.15. The van der Waals surface area contributed by atoms with Crippen molar-refractivity contribution in [2.75, 3.05) is 0 Å². The molecule has 0 aromatic heterocycles. The van der Waals surface area contributed by atoms with Crippen molar-refractivity contribution in [2.45, 2.75) is 12.8 Å². The van der Waals surface area contributed by atoms with Crippen molar-refractivity contribution in [2.24, 2.45) is 0 Å². The van der Waals surface area contributed by atoms with Gasteiger partial charge in [0.05, 0.1) is 0 Å². The molecule has 1 aliphatic rings. The molecule has 0 bridgehead atoms. The minimum Gasteiger partial charge on any atom is -0.243 e. The van der Waals surface area contributed by atoms with Gasteiger partial charge >= 0.3 is 0 Å². The minimum atomic E-state index is 1.21. The van der Waals surface area contributed by atoms with Crippen LogP contribution >= 0.6 is 0 Å². The first-order valence-corrected chi connectivity index (χ1v) is 1.89. The van der Waals surface area contributed by atoms with E-state index in [9.17, 15) is 0 Å². The summed E-state index contributed by atoms with van der Waals surface area (Å²) < 4.78 is 0. The van der Waals surface area contributed by atoms with Crippen LogP contribution in [0.1, 0.15) is 12.8 Å². The Bertz CT molecular complexity index is 41.6. The predicted molar refractivity (Wildman–Crippen MR) is 20.6 cm³/mol. The van der Waals surface area contributed by atoms with Crippen molar-refractivity contribution >= 4 is 6.21 Å². The average molecular weight is 69.1 g/mol. The van der Waals surface area contributed by atoms with Crippen molar-refractivity contribution in [3.05, 3.63) is 6.54 Å². The SMILES string of the molecule is [CH]1CCC=[NH+]1. The Morgan fingerprint density at radius 3 is 2.60 bits per heavy atom. The first-order valence-electron chi connectivity index (χ1n) is 1.89. The molecule has 5 heavy (non-hydrogen) atoms. The lowest BCUT2D eigenvalue weighted by atomic mass is 10.4. The average Bonchev–Trinajstić information content (AvgIpc) is 1.76. The molecule has 0 atom stereocenters. The van der Waals surface area contributed by atoms with Crippen LogP contribution < -0.4 is 4.99 Å². The van der Waals surface area contributed by atoms with Gasteiger partial charge in [-0.1, -0.05) is 0 Å². The third-order valence-electron chi connectivity index (χ3n) is 0.691. The van der Waals surface area contributed by atoms with Gasteiger partial charge < -0.3 is 0 Å². The molecule has 1 heterocycles. The van der Waals surface area contributed by atoms with Crippen LogP contribution in [0, 0.1) is 6.54 Å². The molecule has 0 saturated heterocycles. The van der Waals surface area contributed by atoms with Crippen molar-refractivity contribution in [3.8, 4) is 0 Å². The van der Waals surface area contributed by atoms with Crippen LogP contribution in [-0.4, -0.2) is 6.21 Å². The largest absolute Gasteiger partial charge is 0.243 e. The summed E-state index contributed by atoms with van der Waals surface area (Å²) in [6.45, 7) is 2.06. The molecule has 0 aromatic rings. The summed E-state index contributed by atoms with van der Waals surface area (Å²) in [7, 11) is 0. The smallest absolute Gasteiger partial charge is 0.211 e. The molecular weight excluding hydrogens is 62.1 g/mol. The van der Waals surface area contributed by atoms with E-state index in [-0.39, 0.29) is 0 Å². The molecule has 0 aliphatic carbocycles. The highest BCUT2D eigenvalue weighted by Gasteiger charge is 1.95. The topological polar surface area (TPSA) is 14.0 Å². The molecule has 1 N–H and O–H groups in total. The van der Waals surface area contributed by atoms with Gasteiger partial charge in [-0.2, -0.15) is 0 Å². The van der Waals surface area contributed by atoms with E-state index in [0.717, 1.165) is 0 Å². The maximum atomic E-state index is 2.97. The Morgan fingerprint density at radius 1 is 1.40 bits per heavy atom. The van der Waals surface area contributed by atoms with E-state index in [1.807, 2.05) is 0 Å². The second-order valence-corrected chi connectivity index (χ2v) is 1.15. The first-order chi connectivity index (χ1) is 2.50. The first kappa shape index (κ1) is 2.88. The van der Waals surface area contributed by atoms with Crippen molar-refractivity contribution in [1.82, 2.24) is 0 Å². The molecule has 0 amide bonds. The van der Waals surface area contributed by atoms with Crippen LogP contribution in [-0.2, 0) is 0 Å². The normalized spacial score (nSPS) is 20.8. The van der Waals surface area contributed by atoms with Crippen molar-refractivity contribution in [3.63, 3.8) is 0 Å². The zero-order chi connectivity index (χ0) is 3.54. The standard InChI is InChI=1S/C4H7N/c1-2-4-5-3-1/h3-5H,1-2H2/q+1. The second kappa shape index (κ2) is 1.20. The Morgan fingerprint density at radius 2 is 2.40 bits per heavy atom. The number of hydrogen-bond acceptors (Lipinski definition) is 0. The highest BCUT2D eigenvalue weighted by Crippen LogP contribution is 1.82. The summed E-state index contributed by atoms with van der Waals surface area (Å²) in [5.41, 5.74) is 0. The van der Waals surface area contributed by atoms with Gasteiger partial charge in [-0.25, -0.2) is 4.99 Å². The van der Waals surface area contributed by atoms with Crippen LogP contribution in [0.25, 0.3) is 0 Å². The Hall–Kier alpha value is -0.330. The van der Waals surface area contributed by atoms with E-state index in [1.54, 1.807) is 0 Å². The summed E-state index contributed by atoms with van der Waals surface area (Å²) in [5.74, 6) is 0. The lowest BCUT2D eigenvalue weighted by molar-refractivity contribution is -0.396. The van der Waals surface area contributed by atoms with Crippen molar-refractivity contribution in [1.29, 1.82) is 0 Å². The van der Waals surface area contributed by atoms with Crippen LogP contribution in [0.3, 0.4) is 0 Å². The Balaban J connectivity index is 2.32. The highest BCUT2D eigenvalue weighted by atomic mass is 14.7. The van der Waals surface area contributed by atoms with Gasteiger partial charge in [-0.3, -0.25) is 0 Å². The van der Waals surface area contributed by atoms with Gasteiger partial charge in [0.25, 0.3) is 0 Å². The maximum Gasteiger partial charge on any atom is 0.211 e. The van der Waals surface area contributed by atoms with Gasteiger partial charge in [0.15, 0.2) is 0 Å². The third-order valence-corrected chi connectivity index (χ3v) is 0.691. The van der Waals surface area contributed by atoms with E-state index < -0.39 is 0 Å². The quantitative estimate of drug-likeness (QED) is 0.378. The van der Waals surface area contributed by atoms with Gasteiger partial charge in [0.1, 0.15) is 6.21 Å². The van der Waals surface area contributed by atoms with Crippen LogP contribution in [0.15, 0.2) is 0 Å². The molecule has 0 aromatic carbocycles. The van der Waals surface area contributed by atoms with Crippen LogP contribution in [0.5, 0.6) is 0 Å². The summed E-state index contributed by atoms with van der Waals surface area (Å²) >= 11 is 0. The van der Waals surface area contributed by atoms with E-state index in [4.69, 9.17) is 0 Å². The Kier molecular flexibility index (Phi) is 0.692. The molecule has 1 aliphatic heterocycles. The number of rotatable bonds is 0. The molecule has 27 valence electrons. The summed E-state index contributed by atoms with van der Waals surface area (Å²) in [6.07, 6.45) is 4.47. The fourth-order valence-electron chi connectivity index (χ4n) is 0.417. The zero-order valence-electron chi connectivity index (χ0n) is 3.07. The van der Waals surface area contributed by atoms with Gasteiger partial charge in [0, 0.05) is 12.8 Å². The van der Waals surface area contributed by atoms with E-state index >= 15 is 0 Å². The summed E-state index contributed by atoms with van der Waals surface area (Å²) in [6, 6.07) is 0. The predicted octanol–water partition coefficient (Wildman–Crippen LogP) is -0.907. The van der Waals surface area contributed by atoms with Gasteiger partial charge in [-0.15, -0.1) is 0 Å². The van der Waals surface area contributed by atoms with Gasteiger partial charge in [0.2, 0.25) is 6.54 Å². The van der Waals surface area contributed by atoms with Crippen LogP contribution in [0.4, 0.5) is 0 Å². The van der Waals surface area contributed by atoms with E-state index in [2.05, 4.69) is 17.8 Å². The molecule has 0 spiro atoms. The van der Waals surface area contributed by atoms with E-state index in [1.165, 1.54) is 12.8 Å². The summed E-state index contributed by atoms with van der Waals surface area (Å²) in [5, 5.41) is 0.